The largest absolute Gasteiger partial charge is 0.497 e. The van der Waals surface area contributed by atoms with Crippen LogP contribution in [0.5, 0.6) is 23.0 Å². The van der Waals surface area contributed by atoms with E-state index in [1.54, 1.807) is 25.3 Å². The minimum Gasteiger partial charge on any atom is -0.497 e. The van der Waals surface area contributed by atoms with Crippen LogP contribution in [-0.2, 0) is 4.79 Å². The van der Waals surface area contributed by atoms with Gasteiger partial charge in [-0.3, -0.25) is 10.2 Å². The number of methoxy groups -OCH3 is 1. The van der Waals surface area contributed by atoms with Gasteiger partial charge in [0.15, 0.2) is 17.3 Å². The molecular weight excluding hydrogens is 516 g/mol. The zero-order chi connectivity index (χ0) is 27.2. The van der Waals surface area contributed by atoms with Crippen LogP contribution in [0.2, 0.25) is 0 Å². The topological polar surface area (TPSA) is 106 Å². The third-order valence-electron chi connectivity index (χ3n) is 6.65. The molecule has 1 N–H and O–H groups in total. The first-order valence-electron chi connectivity index (χ1n) is 13.2. The monoisotopic (exact) mass is 548 g/mol. The zero-order valence-electron chi connectivity index (χ0n) is 22.1. The van der Waals surface area contributed by atoms with Gasteiger partial charge in [0, 0.05) is 12.0 Å². The van der Waals surface area contributed by atoms with Crippen LogP contribution in [0, 0.1) is 11.3 Å². The number of carbonyl (C=O) groups excluding carboxylic acids is 1. The first-order valence-corrected chi connectivity index (χ1v) is 14.0. The van der Waals surface area contributed by atoms with Gasteiger partial charge in [-0.2, -0.15) is 15.1 Å². The Balaban J connectivity index is 1.26. The zero-order valence-corrected chi connectivity index (χ0v) is 23.0. The number of hydrogen-bond acceptors (Lipinski definition) is 8. The summed E-state index contributed by atoms with van der Waals surface area (Å²) in [5, 5.41) is 16.3. The summed E-state index contributed by atoms with van der Waals surface area (Å²) in [5.41, 5.74) is 0.893. The van der Waals surface area contributed by atoms with Crippen LogP contribution in [0.1, 0.15) is 44.6 Å². The van der Waals surface area contributed by atoms with E-state index in [9.17, 15) is 4.79 Å². The Morgan fingerprint density at radius 3 is 2.62 bits per heavy atom. The molecule has 2 heterocycles. The van der Waals surface area contributed by atoms with Crippen molar-refractivity contribution >= 4 is 39.8 Å². The van der Waals surface area contributed by atoms with Gasteiger partial charge in [0.25, 0.3) is 5.91 Å². The van der Waals surface area contributed by atoms with Gasteiger partial charge in [-0.1, -0.05) is 31.4 Å². The number of hydrogen-bond donors (Lipinski definition) is 1. The average molecular weight is 549 g/mol. The Labute approximate surface area is 232 Å². The van der Waals surface area contributed by atoms with Crippen LogP contribution in [0.4, 0.5) is 0 Å². The predicted octanol–water partition coefficient (Wildman–Crippen LogP) is 5.75. The number of carbonyl (C=O) groups is 1. The van der Waals surface area contributed by atoms with Gasteiger partial charge in [-0.05, 0) is 67.4 Å². The van der Waals surface area contributed by atoms with Gasteiger partial charge in [0.05, 0.1) is 19.3 Å². The second-order valence-corrected chi connectivity index (χ2v) is 10.3. The molecule has 0 spiro atoms. The van der Waals surface area contributed by atoms with Gasteiger partial charge in [-0.25, -0.2) is 0 Å². The molecule has 1 fully saturated rings. The van der Waals surface area contributed by atoms with Crippen molar-refractivity contribution in [3.8, 4) is 23.0 Å². The molecule has 1 saturated carbocycles. The van der Waals surface area contributed by atoms with E-state index in [1.165, 1.54) is 36.0 Å². The standard InChI is InChI=1S/C29H32N4O5S/c1-3-36-25-17-19(12-13-24(25)38-15-14-37-22-11-7-10-21(18-22)35-2)16-23-26(30)33-29(31-27(23)34)39-28(32-33)20-8-5-4-6-9-20/h7,10-13,16-18,20,30H,3-6,8-9,14-15H2,1-2H3. The molecule has 0 radical (unpaired) electrons. The molecule has 5 rings (SSSR count). The van der Waals surface area contributed by atoms with Crippen molar-refractivity contribution in [1.29, 1.82) is 5.41 Å². The van der Waals surface area contributed by atoms with E-state index in [4.69, 9.17) is 24.4 Å². The van der Waals surface area contributed by atoms with E-state index in [1.807, 2.05) is 37.3 Å². The summed E-state index contributed by atoms with van der Waals surface area (Å²) in [4.78, 5) is 17.1. The number of benzene rings is 2. The molecule has 0 bridgehead atoms. The maximum Gasteiger partial charge on any atom is 0.283 e. The molecule has 0 unspecified atom stereocenters. The molecule has 39 heavy (non-hydrogen) atoms. The Hall–Kier alpha value is -3.79. The smallest absolute Gasteiger partial charge is 0.283 e. The van der Waals surface area contributed by atoms with Crippen molar-refractivity contribution in [2.75, 3.05) is 26.9 Å². The number of nitrogens with zero attached hydrogens (tertiary/aromatic N) is 3. The minimum atomic E-state index is -0.438. The normalized spacial score (nSPS) is 18.5. The summed E-state index contributed by atoms with van der Waals surface area (Å²) >= 11 is 1.42. The van der Waals surface area contributed by atoms with E-state index in [-0.39, 0.29) is 11.4 Å². The highest BCUT2D eigenvalue weighted by molar-refractivity contribution is 8.27. The lowest BCUT2D eigenvalue weighted by Crippen LogP contribution is -2.35. The number of rotatable bonds is 10. The summed E-state index contributed by atoms with van der Waals surface area (Å²) in [6, 6.07) is 12.8. The number of amidine groups is 2. The first-order chi connectivity index (χ1) is 19.1. The highest BCUT2D eigenvalue weighted by Gasteiger charge is 2.38. The highest BCUT2D eigenvalue weighted by Crippen LogP contribution is 2.36. The Bertz CT molecular complexity index is 1330. The number of fused-ring (bicyclic) bond motifs is 1. The quantitative estimate of drug-likeness (QED) is 0.298. The number of aliphatic imine (C=N–C) groups is 1. The van der Waals surface area contributed by atoms with E-state index >= 15 is 0 Å². The van der Waals surface area contributed by atoms with Crippen LogP contribution in [-0.4, -0.2) is 53.9 Å². The lowest BCUT2D eigenvalue weighted by Gasteiger charge is -2.20. The maximum atomic E-state index is 12.9. The van der Waals surface area contributed by atoms with E-state index in [0.717, 1.165) is 23.6 Å². The SMILES string of the molecule is CCOc1cc(C=C2C(=N)N3N=C(C4CCCCC4)SC3=NC2=O)ccc1OCCOc1cccc(OC)c1. The van der Waals surface area contributed by atoms with E-state index in [2.05, 4.69) is 10.1 Å². The maximum absolute atomic E-state index is 12.9. The third kappa shape index (κ3) is 6.27. The number of thioether (sulfide) groups is 1. The van der Waals surface area contributed by atoms with Gasteiger partial charge in [0.2, 0.25) is 5.17 Å². The fourth-order valence-electron chi connectivity index (χ4n) is 4.69. The van der Waals surface area contributed by atoms with Crippen LogP contribution in [0.3, 0.4) is 0 Å². The Kier molecular flexibility index (Phi) is 8.51. The Morgan fingerprint density at radius 2 is 1.82 bits per heavy atom. The highest BCUT2D eigenvalue weighted by atomic mass is 32.2. The number of ether oxygens (including phenoxy) is 4. The minimum absolute atomic E-state index is 0.0382. The number of amides is 1. The Morgan fingerprint density at radius 1 is 1.03 bits per heavy atom. The van der Waals surface area contributed by atoms with E-state index in [0.29, 0.717) is 53.7 Å². The first kappa shape index (κ1) is 26.8. The molecule has 10 heteroatoms. The van der Waals surface area contributed by atoms with Gasteiger partial charge >= 0.3 is 0 Å². The van der Waals surface area contributed by atoms with Crippen molar-refractivity contribution in [1.82, 2.24) is 5.01 Å². The van der Waals surface area contributed by atoms with Gasteiger partial charge < -0.3 is 18.9 Å². The van der Waals surface area contributed by atoms with Gasteiger partial charge in [0.1, 0.15) is 29.8 Å². The van der Waals surface area contributed by atoms with Crippen molar-refractivity contribution in [3.05, 3.63) is 53.6 Å². The lowest BCUT2D eigenvalue weighted by molar-refractivity contribution is -0.114. The molecule has 204 valence electrons. The molecule has 2 aromatic carbocycles. The van der Waals surface area contributed by atoms with Crippen LogP contribution < -0.4 is 18.9 Å². The molecule has 0 saturated heterocycles. The lowest BCUT2D eigenvalue weighted by atomic mass is 9.90. The fraction of sp³-hybridized carbons (Fsp3) is 0.379. The van der Waals surface area contributed by atoms with Crippen molar-refractivity contribution in [3.63, 3.8) is 0 Å². The second kappa shape index (κ2) is 12.4. The summed E-state index contributed by atoms with van der Waals surface area (Å²) in [6.45, 7) is 2.99. The summed E-state index contributed by atoms with van der Waals surface area (Å²) in [6.07, 6.45) is 7.48. The summed E-state index contributed by atoms with van der Waals surface area (Å²) in [7, 11) is 1.61. The van der Waals surface area contributed by atoms with Crippen molar-refractivity contribution < 1.29 is 23.7 Å². The van der Waals surface area contributed by atoms with Crippen LogP contribution in [0.25, 0.3) is 6.08 Å². The molecule has 2 aliphatic heterocycles. The fourth-order valence-corrected chi connectivity index (χ4v) is 5.75. The molecule has 2 aromatic rings. The van der Waals surface area contributed by atoms with Crippen molar-refractivity contribution in [2.45, 2.75) is 39.0 Å². The summed E-state index contributed by atoms with van der Waals surface area (Å²) < 4.78 is 22.7. The van der Waals surface area contributed by atoms with Crippen molar-refractivity contribution in [2.24, 2.45) is 16.0 Å². The average Bonchev–Trinajstić information content (AvgIpc) is 3.39. The molecule has 0 atom stereocenters. The number of nitrogens with one attached hydrogen (secondary N) is 1. The summed E-state index contributed by atoms with van der Waals surface area (Å²) in [5.74, 6) is 2.51. The molecule has 9 nitrogen and oxygen atoms in total. The van der Waals surface area contributed by atoms with Gasteiger partial charge in [-0.15, -0.1) is 0 Å². The van der Waals surface area contributed by atoms with Crippen LogP contribution >= 0.6 is 11.8 Å². The molecule has 3 aliphatic rings. The molecular formula is C29H32N4O5S. The molecule has 0 aromatic heterocycles. The van der Waals surface area contributed by atoms with Crippen LogP contribution in [0.15, 0.2) is 58.1 Å². The third-order valence-corrected chi connectivity index (χ3v) is 7.72. The molecule has 1 amide bonds. The molecule has 1 aliphatic carbocycles. The van der Waals surface area contributed by atoms with E-state index < -0.39 is 5.91 Å². The predicted molar refractivity (Wildman–Crippen MR) is 153 cm³/mol. The second-order valence-electron chi connectivity index (χ2n) is 9.31. The number of hydrazone groups is 1.